The molecule has 0 radical (unpaired) electrons. The summed E-state index contributed by atoms with van der Waals surface area (Å²) in [7, 11) is -3.21. The largest absolute Gasteiger partial charge is 0.399 e. The van der Waals surface area contributed by atoms with Crippen LogP contribution in [-0.4, -0.2) is 49.9 Å². The summed E-state index contributed by atoms with van der Waals surface area (Å²) in [5, 5.41) is -0.197. The van der Waals surface area contributed by atoms with Gasteiger partial charge in [0.25, 0.3) is 0 Å². The zero-order valence-corrected chi connectivity index (χ0v) is 16.5. The lowest BCUT2D eigenvalue weighted by Gasteiger charge is -2.29. The monoisotopic (exact) mass is 400 g/mol. The zero-order valence-electron chi connectivity index (χ0n) is 15.7. The molecule has 0 atom stereocenters. The summed E-state index contributed by atoms with van der Waals surface area (Å²) in [5.74, 6) is 1.33. The average molecular weight is 401 g/mol. The molecule has 8 heteroatoms. The molecular weight excluding hydrogens is 376 g/mol. The van der Waals surface area contributed by atoms with Crippen LogP contribution in [0.25, 0.3) is 11.4 Å². The molecular formula is C20H24N4O3S. The Morgan fingerprint density at radius 1 is 1.07 bits per heavy atom. The fraction of sp³-hybridized carbons (Fsp3) is 0.500. The van der Waals surface area contributed by atoms with Crippen LogP contribution in [0.15, 0.2) is 30.3 Å². The highest BCUT2D eigenvalue weighted by Gasteiger charge is 2.61. The standard InChI is InChI=1S/C20H24N4O3S/c21-15-3-1-14(2-4-15)19-22-17(13-18(23-19)24-9-11-27-12-10-24)20(7-8-20)28(25,26)16-5-6-16/h1-4,13,16H,5-12,21H2. The highest BCUT2D eigenvalue weighted by molar-refractivity contribution is 7.93. The van der Waals surface area contributed by atoms with Gasteiger partial charge in [0.2, 0.25) is 0 Å². The second-order valence-corrected chi connectivity index (χ2v) is 10.4. The van der Waals surface area contributed by atoms with Crippen LogP contribution in [0.5, 0.6) is 0 Å². The normalized spacial score (nSPS) is 21.5. The molecule has 2 N–H and O–H groups in total. The third-order valence-corrected chi connectivity index (χ3v) is 8.95. The van der Waals surface area contributed by atoms with Crippen LogP contribution in [-0.2, 0) is 19.3 Å². The molecule has 1 saturated heterocycles. The molecule has 0 amide bonds. The SMILES string of the molecule is Nc1ccc(-c2nc(N3CCOCC3)cc(C3(S(=O)(=O)C4CC4)CC3)n2)cc1. The van der Waals surface area contributed by atoms with Crippen LogP contribution < -0.4 is 10.6 Å². The van der Waals surface area contributed by atoms with Crippen molar-refractivity contribution < 1.29 is 13.2 Å². The molecule has 28 heavy (non-hydrogen) atoms. The van der Waals surface area contributed by atoms with Gasteiger partial charge in [0.1, 0.15) is 10.6 Å². The number of anilines is 2. The van der Waals surface area contributed by atoms with Crippen molar-refractivity contribution in [1.82, 2.24) is 9.97 Å². The Morgan fingerprint density at radius 2 is 1.75 bits per heavy atom. The Hall–Kier alpha value is -2.19. The fourth-order valence-electron chi connectivity index (χ4n) is 3.88. The van der Waals surface area contributed by atoms with Crippen LogP contribution >= 0.6 is 0 Å². The highest BCUT2D eigenvalue weighted by atomic mass is 32.2. The number of rotatable bonds is 5. The quantitative estimate of drug-likeness (QED) is 0.768. The molecule has 0 unspecified atom stereocenters. The number of sulfone groups is 1. The molecule has 1 aliphatic heterocycles. The van der Waals surface area contributed by atoms with Gasteiger partial charge in [-0.3, -0.25) is 0 Å². The number of ether oxygens (including phenoxy) is 1. The van der Waals surface area contributed by atoms with Gasteiger partial charge in [0, 0.05) is 30.4 Å². The number of benzene rings is 1. The van der Waals surface area contributed by atoms with E-state index in [1.54, 1.807) is 0 Å². The molecule has 2 heterocycles. The van der Waals surface area contributed by atoms with Crippen molar-refractivity contribution >= 4 is 21.3 Å². The van der Waals surface area contributed by atoms with Gasteiger partial charge in [0.05, 0.1) is 24.2 Å². The second-order valence-electron chi connectivity index (χ2n) is 7.90. The molecule has 148 valence electrons. The number of morpholine rings is 1. The first kappa shape index (κ1) is 17.9. The van der Waals surface area contributed by atoms with Crippen molar-refractivity contribution in [3.8, 4) is 11.4 Å². The molecule has 1 aromatic carbocycles. The maximum Gasteiger partial charge on any atom is 0.164 e. The number of nitrogens with zero attached hydrogens (tertiary/aromatic N) is 3. The summed E-state index contributed by atoms with van der Waals surface area (Å²) in [4.78, 5) is 11.7. The summed E-state index contributed by atoms with van der Waals surface area (Å²) in [6, 6.07) is 9.28. The van der Waals surface area contributed by atoms with Gasteiger partial charge in [-0.1, -0.05) is 0 Å². The van der Waals surface area contributed by atoms with Crippen molar-refractivity contribution in [2.24, 2.45) is 0 Å². The van der Waals surface area contributed by atoms with E-state index < -0.39 is 14.6 Å². The van der Waals surface area contributed by atoms with E-state index in [1.165, 1.54) is 0 Å². The maximum atomic E-state index is 13.1. The van der Waals surface area contributed by atoms with Crippen LogP contribution in [0.3, 0.4) is 0 Å². The summed E-state index contributed by atoms with van der Waals surface area (Å²) >= 11 is 0. The minimum Gasteiger partial charge on any atom is -0.399 e. The summed E-state index contributed by atoms with van der Waals surface area (Å²) in [6.07, 6.45) is 2.84. The van der Waals surface area contributed by atoms with E-state index in [0.717, 1.165) is 37.3 Å². The molecule has 2 aliphatic carbocycles. The van der Waals surface area contributed by atoms with Crippen LogP contribution in [0.2, 0.25) is 0 Å². The van der Waals surface area contributed by atoms with Gasteiger partial charge in [-0.05, 0) is 49.9 Å². The first-order valence-electron chi connectivity index (χ1n) is 9.81. The predicted octanol–water partition coefficient (Wildman–Crippen LogP) is 2.13. The van der Waals surface area contributed by atoms with E-state index in [1.807, 2.05) is 30.3 Å². The topological polar surface area (TPSA) is 98.4 Å². The van der Waals surface area contributed by atoms with E-state index >= 15 is 0 Å². The highest BCUT2D eigenvalue weighted by Crippen LogP contribution is 2.57. The Morgan fingerprint density at radius 3 is 2.36 bits per heavy atom. The minimum absolute atomic E-state index is 0.197. The molecule has 5 rings (SSSR count). The van der Waals surface area contributed by atoms with Gasteiger partial charge in [-0.15, -0.1) is 0 Å². The molecule has 3 aliphatic rings. The Kier molecular flexibility index (Phi) is 4.10. The van der Waals surface area contributed by atoms with Gasteiger partial charge in [-0.2, -0.15) is 0 Å². The maximum absolute atomic E-state index is 13.1. The number of nitrogens with two attached hydrogens (primary N) is 1. The number of aromatic nitrogens is 2. The Bertz CT molecular complexity index is 993. The van der Waals surface area contributed by atoms with Gasteiger partial charge in [0.15, 0.2) is 15.7 Å². The van der Waals surface area contributed by atoms with Crippen molar-refractivity contribution in [3.05, 3.63) is 36.0 Å². The number of hydrogen-bond acceptors (Lipinski definition) is 7. The number of nitrogen functional groups attached to an aromatic ring is 1. The molecule has 3 fully saturated rings. The molecule has 2 aromatic rings. The van der Waals surface area contributed by atoms with Crippen molar-refractivity contribution in [3.63, 3.8) is 0 Å². The zero-order chi connectivity index (χ0) is 19.4. The lowest BCUT2D eigenvalue weighted by atomic mass is 10.1. The molecule has 1 aromatic heterocycles. The molecule has 7 nitrogen and oxygen atoms in total. The lowest BCUT2D eigenvalue weighted by Crippen LogP contribution is -2.37. The van der Waals surface area contributed by atoms with E-state index in [9.17, 15) is 8.42 Å². The third kappa shape index (κ3) is 2.95. The van der Waals surface area contributed by atoms with E-state index in [2.05, 4.69) is 4.90 Å². The average Bonchev–Trinajstić information content (AvgIpc) is 3.61. The van der Waals surface area contributed by atoms with E-state index in [0.29, 0.717) is 43.3 Å². The molecule has 0 bridgehead atoms. The first-order valence-corrected chi connectivity index (χ1v) is 11.4. The van der Waals surface area contributed by atoms with Crippen LogP contribution in [0, 0.1) is 0 Å². The lowest BCUT2D eigenvalue weighted by molar-refractivity contribution is 0.122. The fourth-order valence-corrected chi connectivity index (χ4v) is 6.34. The van der Waals surface area contributed by atoms with Crippen molar-refractivity contribution in [1.29, 1.82) is 0 Å². The van der Waals surface area contributed by atoms with E-state index in [-0.39, 0.29) is 5.25 Å². The predicted molar refractivity (Wildman–Crippen MR) is 108 cm³/mol. The van der Waals surface area contributed by atoms with Crippen LogP contribution in [0.1, 0.15) is 31.4 Å². The Labute approximate surface area is 164 Å². The van der Waals surface area contributed by atoms with Gasteiger partial charge < -0.3 is 15.4 Å². The summed E-state index contributed by atoms with van der Waals surface area (Å²) < 4.78 is 30.9. The van der Waals surface area contributed by atoms with Gasteiger partial charge in [-0.25, -0.2) is 18.4 Å². The van der Waals surface area contributed by atoms with E-state index in [4.69, 9.17) is 20.4 Å². The molecule has 0 spiro atoms. The smallest absolute Gasteiger partial charge is 0.164 e. The van der Waals surface area contributed by atoms with Crippen LogP contribution in [0.4, 0.5) is 11.5 Å². The number of hydrogen-bond donors (Lipinski definition) is 1. The van der Waals surface area contributed by atoms with Crippen molar-refractivity contribution in [2.45, 2.75) is 35.7 Å². The van der Waals surface area contributed by atoms with Crippen molar-refractivity contribution in [2.75, 3.05) is 36.9 Å². The summed E-state index contributed by atoms with van der Waals surface area (Å²) in [5.41, 5.74) is 7.97. The minimum atomic E-state index is -3.21. The third-order valence-electron chi connectivity index (χ3n) is 5.90. The Balaban J connectivity index is 1.62. The first-order chi connectivity index (χ1) is 13.5. The van der Waals surface area contributed by atoms with Gasteiger partial charge >= 0.3 is 0 Å². The summed E-state index contributed by atoms with van der Waals surface area (Å²) in [6.45, 7) is 2.75. The second kappa shape index (κ2) is 6.42. The molecule has 2 saturated carbocycles.